The standard InChI is InChI=1S/C17H24N2O3S/c1-3-22-17(21)19-11-9-18(10-12-19)16(20)14(2)23-13-15-7-5-4-6-8-15/h4-8,14H,3,9-13H2,1-2H3/t14-/m0/s1. The Balaban J connectivity index is 1.76. The van der Waals surface area contributed by atoms with E-state index in [2.05, 4.69) is 12.1 Å². The number of carbonyl (C=O) groups is 2. The maximum absolute atomic E-state index is 12.5. The number of thioether (sulfide) groups is 1. The highest BCUT2D eigenvalue weighted by Crippen LogP contribution is 2.20. The highest BCUT2D eigenvalue weighted by Gasteiger charge is 2.27. The summed E-state index contributed by atoms with van der Waals surface area (Å²) in [7, 11) is 0. The van der Waals surface area contributed by atoms with E-state index in [1.165, 1.54) is 5.56 Å². The molecule has 0 radical (unpaired) electrons. The molecule has 0 spiro atoms. The molecule has 1 aliphatic rings. The van der Waals surface area contributed by atoms with Gasteiger partial charge in [0.2, 0.25) is 5.91 Å². The summed E-state index contributed by atoms with van der Waals surface area (Å²) in [4.78, 5) is 27.7. The van der Waals surface area contributed by atoms with Crippen molar-refractivity contribution >= 4 is 23.8 Å². The van der Waals surface area contributed by atoms with Crippen LogP contribution in [0, 0.1) is 0 Å². The molecule has 0 unspecified atom stereocenters. The first-order valence-electron chi connectivity index (χ1n) is 7.97. The molecule has 1 aromatic carbocycles. The summed E-state index contributed by atoms with van der Waals surface area (Å²) < 4.78 is 4.99. The normalized spacial score (nSPS) is 16.1. The fourth-order valence-electron chi connectivity index (χ4n) is 2.45. The van der Waals surface area contributed by atoms with E-state index in [0.29, 0.717) is 32.8 Å². The van der Waals surface area contributed by atoms with Crippen molar-refractivity contribution < 1.29 is 14.3 Å². The van der Waals surface area contributed by atoms with E-state index < -0.39 is 0 Å². The Hall–Kier alpha value is -1.69. The Morgan fingerprint density at radius 3 is 2.35 bits per heavy atom. The summed E-state index contributed by atoms with van der Waals surface area (Å²) in [6, 6.07) is 10.2. The van der Waals surface area contributed by atoms with Gasteiger partial charge in [0.05, 0.1) is 11.9 Å². The topological polar surface area (TPSA) is 49.9 Å². The van der Waals surface area contributed by atoms with Crippen LogP contribution in [0.3, 0.4) is 0 Å². The first kappa shape index (κ1) is 17.7. The molecular formula is C17H24N2O3S. The number of ether oxygens (including phenoxy) is 1. The first-order valence-corrected chi connectivity index (χ1v) is 9.02. The van der Waals surface area contributed by atoms with Crippen LogP contribution in [0.25, 0.3) is 0 Å². The van der Waals surface area contributed by atoms with Crippen molar-refractivity contribution in [3.8, 4) is 0 Å². The molecule has 2 rings (SSSR count). The second kappa shape index (κ2) is 8.82. The number of hydrogen-bond donors (Lipinski definition) is 0. The molecule has 1 atom stereocenters. The van der Waals surface area contributed by atoms with E-state index >= 15 is 0 Å². The Bertz CT molecular complexity index is 516. The van der Waals surface area contributed by atoms with E-state index in [4.69, 9.17) is 4.74 Å². The van der Waals surface area contributed by atoms with Gasteiger partial charge in [-0.15, -0.1) is 11.8 Å². The van der Waals surface area contributed by atoms with Crippen molar-refractivity contribution in [3.63, 3.8) is 0 Å². The lowest BCUT2D eigenvalue weighted by molar-refractivity contribution is -0.131. The van der Waals surface area contributed by atoms with Gasteiger partial charge < -0.3 is 14.5 Å². The van der Waals surface area contributed by atoms with Crippen LogP contribution >= 0.6 is 11.8 Å². The number of rotatable bonds is 5. The van der Waals surface area contributed by atoms with Crippen LogP contribution in [0.1, 0.15) is 19.4 Å². The fraction of sp³-hybridized carbons (Fsp3) is 0.529. The van der Waals surface area contributed by atoms with Crippen LogP contribution in [0.2, 0.25) is 0 Å². The zero-order valence-corrected chi connectivity index (χ0v) is 14.6. The van der Waals surface area contributed by atoms with E-state index in [-0.39, 0.29) is 17.3 Å². The monoisotopic (exact) mass is 336 g/mol. The SMILES string of the molecule is CCOC(=O)N1CCN(C(=O)[C@H](C)SCc2ccccc2)CC1. The van der Waals surface area contributed by atoms with Crippen molar-refractivity contribution in [2.24, 2.45) is 0 Å². The number of hydrogen-bond acceptors (Lipinski definition) is 4. The minimum Gasteiger partial charge on any atom is -0.450 e. The number of nitrogens with zero attached hydrogens (tertiary/aromatic N) is 2. The van der Waals surface area contributed by atoms with Gasteiger partial charge in [0.15, 0.2) is 0 Å². The van der Waals surface area contributed by atoms with Crippen molar-refractivity contribution in [1.82, 2.24) is 9.80 Å². The molecule has 0 aliphatic carbocycles. The summed E-state index contributed by atoms with van der Waals surface area (Å²) in [5, 5.41) is -0.0793. The molecule has 1 heterocycles. The van der Waals surface area contributed by atoms with E-state index in [1.807, 2.05) is 30.0 Å². The third-order valence-corrected chi connectivity index (χ3v) is 5.01. The number of carbonyl (C=O) groups excluding carboxylic acids is 2. The molecule has 1 fully saturated rings. The van der Waals surface area contributed by atoms with Gasteiger partial charge in [-0.2, -0.15) is 0 Å². The summed E-state index contributed by atoms with van der Waals surface area (Å²) >= 11 is 1.65. The average molecular weight is 336 g/mol. The largest absolute Gasteiger partial charge is 0.450 e. The Morgan fingerprint density at radius 2 is 1.74 bits per heavy atom. The quantitative estimate of drug-likeness (QED) is 0.829. The highest BCUT2D eigenvalue weighted by atomic mass is 32.2. The molecule has 1 aliphatic heterocycles. The van der Waals surface area contributed by atoms with E-state index in [9.17, 15) is 9.59 Å². The third kappa shape index (κ3) is 5.16. The van der Waals surface area contributed by atoms with Gasteiger partial charge in [0.25, 0.3) is 0 Å². The van der Waals surface area contributed by atoms with Crippen molar-refractivity contribution in [2.45, 2.75) is 24.9 Å². The molecule has 1 aromatic rings. The lowest BCUT2D eigenvalue weighted by atomic mass is 10.2. The minimum absolute atomic E-state index is 0.0793. The molecule has 126 valence electrons. The zero-order chi connectivity index (χ0) is 16.7. The van der Waals surface area contributed by atoms with Gasteiger partial charge in [0.1, 0.15) is 0 Å². The molecule has 2 amide bonds. The number of amides is 2. The van der Waals surface area contributed by atoms with Gasteiger partial charge in [-0.05, 0) is 19.4 Å². The van der Waals surface area contributed by atoms with Crippen molar-refractivity contribution in [2.75, 3.05) is 32.8 Å². The molecule has 5 nitrogen and oxygen atoms in total. The van der Waals surface area contributed by atoms with E-state index in [0.717, 1.165) is 5.75 Å². The highest BCUT2D eigenvalue weighted by molar-refractivity contribution is 7.99. The van der Waals surface area contributed by atoms with Crippen molar-refractivity contribution in [1.29, 1.82) is 0 Å². The van der Waals surface area contributed by atoms with Gasteiger partial charge in [-0.3, -0.25) is 4.79 Å². The Kier molecular flexibility index (Phi) is 6.77. The van der Waals surface area contributed by atoms with Crippen LogP contribution in [0.15, 0.2) is 30.3 Å². The molecule has 1 saturated heterocycles. The minimum atomic E-state index is -0.286. The van der Waals surface area contributed by atoms with Crippen LogP contribution in [0.4, 0.5) is 4.79 Å². The van der Waals surface area contributed by atoms with Crippen LogP contribution in [-0.2, 0) is 15.3 Å². The maximum atomic E-state index is 12.5. The molecule has 0 aromatic heterocycles. The maximum Gasteiger partial charge on any atom is 0.409 e. The van der Waals surface area contributed by atoms with Crippen molar-refractivity contribution in [3.05, 3.63) is 35.9 Å². The average Bonchev–Trinajstić information content (AvgIpc) is 2.60. The molecule has 0 N–H and O–H groups in total. The molecule has 0 saturated carbocycles. The predicted molar refractivity (Wildman–Crippen MR) is 92.4 cm³/mol. The third-order valence-electron chi connectivity index (χ3n) is 3.81. The van der Waals surface area contributed by atoms with Gasteiger partial charge in [-0.1, -0.05) is 30.3 Å². The lowest BCUT2D eigenvalue weighted by Crippen LogP contribution is -2.52. The summed E-state index contributed by atoms with van der Waals surface area (Å²) in [6.07, 6.45) is -0.286. The first-order chi connectivity index (χ1) is 11.1. The van der Waals surface area contributed by atoms with E-state index in [1.54, 1.807) is 23.6 Å². The van der Waals surface area contributed by atoms with Crippen LogP contribution in [0.5, 0.6) is 0 Å². The molecular weight excluding hydrogens is 312 g/mol. The second-order valence-corrected chi connectivity index (χ2v) is 6.78. The fourth-order valence-corrected chi connectivity index (χ4v) is 3.37. The Labute approximate surface area is 142 Å². The number of piperazine rings is 1. The molecule has 6 heteroatoms. The van der Waals surface area contributed by atoms with Gasteiger partial charge in [-0.25, -0.2) is 4.79 Å². The summed E-state index contributed by atoms with van der Waals surface area (Å²) in [5.74, 6) is 0.978. The lowest BCUT2D eigenvalue weighted by Gasteiger charge is -2.35. The van der Waals surface area contributed by atoms with Crippen LogP contribution < -0.4 is 0 Å². The Morgan fingerprint density at radius 1 is 1.13 bits per heavy atom. The summed E-state index contributed by atoms with van der Waals surface area (Å²) in [6.45, 7) is 6.37. The number of benzene rings is 1. The van der Waals surface area contributed by atoms with Crippen LogP contribution in [-0.4, -0.2) is 59.8 Å². The zero-order valence-electron chi connectivity index (χ0n) is 13.7. The molecule has 23 heavy (non-hydrogen) atoms. The van der Waals surface area contributed by atoms with Gasteiger partial charge in [0, 0.05) is 31.9 Å². The second-order valence-electron chi connectivity index (χ2n) is 5.45. The summed E-state index contributed by atoms with van der Waals surface area (Å²) in [5.41, 5.74) is 1.23. The smallest absolute Gasteiger partial charge is 0.409 e. The van der Waals surface area contributed by atoms with Gasteiger partial charge >= 0.3 is 6.09 Å². The predicted octanol–water partition coefficient (Wildman–Crippen LogP) is 2.61. The molecule has 0 bridgehead atoms.